The van der Waals surface area contributed by atoms with E-state index in [1.165, 1.54) is 17.3 Å². The van der Waals surface area contributed by atoms with Crippen LogP contribution in [0.25, 0.3) is 0 Å². The molecule has 3 aromatic rings. The molecule has 8 heteroatoms. The smallest absolute Gasteiger partial charge is 0.234 e. The standard InChI is InChI=1S/C25H29BrN4O2S/c1-4-14-30-23(7-6-15-32-22-13-10-20(26)16-18(22)3)28-29-25(30)33-17-24(31)27-21-11-8-19(5-2)9-12-21/h4,8-13,16H,1,5-7,14-15,17H2,2-3H3,(H,27,31). The Labute approximate surface area is 208 Å². The number of carbonyl (C=O) groups is 1. The molecule has 0 aliphatic carbocycles. The average Bonchev–Trinajstić information content (AvgIpc) is 3.18. The third-order valence-corrected chi connectivity index (χ3v) is 6.48. The third-order valence-electron chi connectivity index (χ3n) is 5.02. The lowest BCUT2D eigenvalue weighted by molar-refractivity contribution is -0.113. The molecule has 1 heterocycles. The molecule has 6 nitrogen and oxygen atoms in total. The fraction of sp³-hybridized carbons (Fsp3) is 0.320. The number of thioether (sulfide) groups is 1. The first-order valence-corrected chi connectivity index (χ1v) is 12.7. The molecule has 1 amide bonds. The average molecular weight is 530 g/mol. The maximum atomic E-state index is 12.4. The molecule has 174 valence electrons. The molecule has 0 spiro atoms. The molecule has 2 aromatic carbocycles. The van der Waals surface area contributed by atoms with Crippen molar-refractivity contribution in [1.29, 1.82) is 0 Å². The Morgan fingerprint density at radius 1 is 1.24 bits per heavy atom. The first-order chi connectivity index (χ1) is 16.0. The van der Waals surface area contributed by atoms with E-state index in [-0.39, 0.29) is 11.7 Å². The molecule has 33 heavy (non-hydrogen) atoms. The summed E-state index contributed by atoms with van der Waals surface area (Å²) >= 11 is 4.84. The number of hydrogen-bond donors (Lipinski definition) is 1. The van der Waals surface area contributed by atoms with E-state index in [4.69, 9.17) is 4.74 Å². The van der Waals surface area contributed by atoms with Gasteiger partial charge in [0.05, 0.1) is 12.4 Å². The fourth-order valence-electron chi connectivity index (χ4n) is 3.26. The van der Waals surface area contributed by atoms with E-state index in [1.54, 1.807) is 0 Å². The minimum absolute atomic E-state index is 0.0720. The van der Waals surface area contributed by atoms with Crippen LogP contribution in [-0.2, 0) is 24.2 Å². The Hall–Kier alpha value is -2.58. The highest BCUT2D eigenvalue weighted by atomic mass is 79.9. The highest BCUT2D eigenvalue weighted by Crippen LogP contribution is 2.23. The molecular weight excluding hydrogens is 500 g/mol. The van der Waals surface area contributed by atoms with Gasteiger partial charge in [-0.05, 0) is 61.2 Å². The fourth-order valence-corrected chi connectivity index (χ4v) is 4.50. The number of benzene rings is 2. The number of hydrogen-bond acceptors (Lipinski definition) is 5. The van der Waals surface area contributed by atoms with Gasteiger partial charge in [0.1, 0.15) is 11.6 Å². The predicted molar refractivity (Wildman–Crippen MR) is 138 cm³/mol. The zero-order valence-electron chi connectivity index (χ0n) is 19.0. The van der Waals surface area contributed by atoms with Crippen molar-refractivity contribution < 1.29 is 9.53 Å². The van der Waals surface area contributed by atoms with Crippen LogP contribution in [0, 0.1) is 6.92 Å². The Bertz CT molecular complexity index is 1080. The summed E-state index contributed by atoms with van der Waals surface area (Å²) in [6.07, 6.45) is 4.33. The predicted octanol–water partition coefficient (Wildman–Crippen LogP) is 5.84. The molecule has 0 atom stereocenters. The van der Waals surface area contributed by atoms with Crippen molar-refractivity contribution in [3.05, 3.63) is 76.5 Å². The van der Waals surface area contributed by atoms with Crippen LogP contribution in [0.5, 0.6) is 5.75 Å². The van der Waals surface area contributed by atoms with Gasteiger partial charge in [-0.25, -0.2) is 0 Å². The van der Waals surface area contributed by atoms with Crippen LogP contribution in [0.2, 0.25) is 0 Å². The molecule has 0 aliphatic rings. The molecule has 0 bridgehead atoms. The van der Waals surface area contributed by atoms with Gasteiger partial charge in [-0.15, -0.1) is 16.8 Å². The molecule has 0 fully saturated rings. The Balaban J connectivity index is 1.51. The number of anilines is 1. The van der Waals surface area contributed by atoms with Crippen LogP contribution in [0.3, 0.4) is 0 Å². The normalized spacial score (nSPS) is 10.8. The van der Waals surface area contributed by atoms with E-state index in [9.17, 15) is 4.79 Å². The van der Waals surface area contributed by atoms with Crippen LogP contribution in [0.15, 0.2) is 64.7 Å². The number of nitrogens with one attached hydrogen (secondary N) is 1. The minimum Gasteiger partial charge on any atom is -0.493 e. The number of amides is 1. The van der Waals surface area contributed by atoms with Crippen molar-refractivity contribution in [2.45, 2.75) is 44.8 Å². The van der Waals surface area contributed by atoms with Gasteiger partial charge in [-0.3, -0.25) is 4.79 Å². The molecule has 1 N–H and O–H groups in total. The van der Waals surface area contributed by atoms with E-state index in [2.05, 4.69) is 44.9 Å². The lowest BCUT2D eigenvalue weighted by Gasteiger charge is -2.10. The summed E-state index contributed by atoms with van der Waals surface area (Å²) in [7, 11) is 0. The van der Waals surface area contributed by atoms with Crippen molar-refractivity contribution in [3.8, 4) is 5.75 Å². The maximum Gasteiger partial charge on any atom is 0.234 e. The largest absolute Gasteiger partial charge is 0.493 e. The van der Waals surface area contributed by atoms with Crippen molar-refractivity contribution in [2.24, 2.45) is 0 Å². The number of aromatic nitrogens is 3. The summed E-state index contributed by atoms with van der Waals surface area (Å²) in [6.45, 7) is 9.16. The lowest BCUT2D eigenvalue weighted by Crippen LogP contribution is -2.15. The van der Waals surface area contributed by atoms with Gasteiger partial charge < -0.3 is 14.6 Å². The van der Waals surface area contributed by atoms with E-state index >= 15 is 0 Å². The molecule has 0 saturated heterocycles. The first-order valence-electron chi connectivity index (χ1n) is 10.9. The van der Waals surface area contributed by atoms with Crippen molar-refractivity contribution >= 4 is 39.3 Å². The van der Waals surface area contributed by atoms with Crippen LogP contribution in [0.4, 0.5) is 5.69 Å². The molecule has 0 unspecified atom stereocenters. The van der Waals surface area contributed by atoms with Crippen LogP contribution in [-0.4, -0.2) is 33.0 Å². The first kappa shape index (κ1) is 25.1. The molecule has 0 saturated carbocycles. The van der Waals surface area contributed by atoms with E-state index in [1.807, 2.05) is 60.0 Å². The third kappa shape index (κ3) is 7.47. The Morgan fingerprint density at radius 3 is 2.73 bits per heavy atom. The Kier molecular flexibility index (Phi) is 9.57. The number of carbonyl (C=O) groups excluding carboxylic acids is 1. The molecule has 0 aliphatic heterocycles. The number of rotatable bonds is 12. The summed E-state index contributed by atoms with van der Waals surface area (Å²) in [5.41, 5.74) is 3.13. The second-order valence-corrected chi connectivity index (χ2v) is 9.41. The number of nitrogens with zero attached hydrogens (tertiary/aromatic N) is 3. The van der Waals surface area contributed by atoms with Crippen LogP contribution < -0.4 is 10.1 Å². The SMILES string of the molecule is C=CCn1c(CCCOc2ccc(Br)cc2C)nnc1SCC(=O)Nc1ccc(CC)cc1. The lowest BCUT2D eigenvalue weighted by atomic mass is 10.1. The zero-order chi connectivity index (χ0) is 23.6. The molecule has 0 radical (unpaired) electrons. The maximum absolute atomic E-state index is 12.4. The number of aryl methyl sites for hydroxylation is 3. The second kappa shape index (κ2) is 12.6. The number of allylic oxidation sites excluding steroid dienone is 1. The van der Waals surface area contributed by atoms with Crippen molar-refractivity contribution in [2.75, 3.05) is 17.7 Å². The van der Waals surface area contributed by atoms with Gasteiger partial charge in [0, 0.05) is 23.1 Å². The van der Waals surface area contributed by atoms with E-state index in [0.29, 0.717) is 18.3 Å². The summed E-state index contributed by atoms with van der Waals surface area (Å²) in [6, 6.07) is 13.9. The summed E-state index contributed by atoms with van der Waals surface area (Å²) in [4.78, 5) is 12.4. The number of ether oxygens (including phenoxy) is 1. The number of halogens is 1. The highest BCUT2D eigenvalue weighted by Gasteiger charge is 2.14. The van der Waals surface area contributed by atoms with Gasteiger partial charge in [0.25, 0.3) is 0 Å². The molecular formula is C25H29BrN4O2S. The monoisotopic (exact) mass is 528 g/mol. The summed E-state index contributed by atoms with van der Waals surface area (Å²) in [5.74, 6) is 1.94. The van der Waals surface area contributed by atoms with Gasteiger partial charge in [0.2, 0.25) is 5.91 Å². The van der Waals surface area contributed by atoms with Gasteiger partial charge >= 0.3 is 0 Å². The van der Waals surface area contributed by atoms with E-state index in [0.717, 1.165) is 46.6 Å². The zero-order valence-corrected chi connectivity index (χ0v) is 21.4. The summed E-state index contributed by atoms with van der Waals surface area (Å²) < 4.78 is 8.96. The second-order valence-electron chi connectivity index (χ2n) is 7.55. The Morgan fingerprint density at radius 2 is 2.03 bits per heavy atom. The quantitative estimate of drug-likeness (QED) is 0.181. The van der Waals surface area contributed by atoms with Crippen molar-refractivity contribution in [3.63, 3.8) is 0 Å². The summed E-state index contributed by atoms with van der Waals surface area (Å²) in [5, 5.41) is 12.3. The highest BCUT2D eigenvalue weighted by molar-refractivity contribution is 9.10. The minimum atomic E-state index is -0.0720. The molecule has 3 rings (SSSR count). The topological polar surface area (TPSA) is 69.0 Å². The van der Waals surface area contributed by atoms with Crippen molar-refractivity contribution in [1.82, 2.24) is 14.8 Å². The van der Waals surface area contributed by atoms with Gasteiger partial charge in [0.15, 0.2) is 5.16 Å². The molecule has 1 aromatic heterocycles. The van der Waals surface area contributed by atoms with E-state index < -0.39 is 0 Å². The van der Waals surface area contributed by atoms with Gasteiger partial charge in [-0.1, -0.05) is 52.8 Å². The van der Waals surface area contributed by atoms with Crippen LogP contribution in [0.1, 0.15) is 30.3 Å². The van der Waals surface area contributed by atoms with Crippen LogP contribution >= 0.6 is 27.7 Å². The van der Waals surface area contributed by atoms with Gasteiger partial charge in [-0.2, -0.15) is 0 Å².